The van der Waals surface area contributed by atoms with E-state index >= 15 is 0 Å². The first-order valence-corrected chi connectivity index (χ1v) is 5.63. The number of aliphatic carboxylic acids is 1. The third-order valence-electron chi connectivity index (χ3n) is 2.61. The molecular weight excluding hydrogens is 301 g/mol. The van der Waals surface area contributed by atoms with Crippen LogP contribution < -0.4 is 0 Å². The van der Waals surface area contributed by atoms with Crippen molar-refractivity contribution in [2.24, 2.45) is 0 Å². The van der Waals surface area contributed by atoms with Gasteiger partial charge < -0.3 is 10.0 Å². The lowest BCUT2D eigenvalue weighted by Gasteiger charge is -2.25. The van der Waals surface area contributed by atoms with Crippen molar-refractivity contribution < 1.29 is 36.6 Å². The number of rotatable bonds is 4. The standard InChI is InChI=1S/C12H10F5NO3/c1-4(2)18(3-5(19)20)12(21)6-7(13)9(15)11(17)10(16)8(6)14/h4H,3H2,1-2H3,(H,19,20). The number of nitrogens with zero attached hydrogens (tertiary/aromatic N) is 1. The second-order valence-corrected chi connectivity index (χ2v) is 4.37. The Kier molecular flexibility index (Phi) is 4.87. The summed E-state index contributed by atoms with van der Waals surface area (Å²) in [7, 11) is 0. The van der Waals surface area contributed by atoms with E-state index in [1.807, 2.05) is 0 Å². The molecule has 0 atom stereocenters. The Hall–Kier alpha value is -2.19. The van der Waals surface area contributed by atoms with Crippen molar-refractivity contribution in [2.45, 2.75) is 19.9 Å². The number of amides is 1. The molecule has 0 unspecified atom stereocenters. The van der Waals surface area contributed by atoms with E-state index in [4.69, 9.17) is 5.11 Å². The van der Waals surface area contributed by atoms with E-state index in [-0.39, 0.29) is 0 Å². The quantitative estimate of drug-likeness (QED) is 0.527. The van der Waals surface area contributed by atoms with Crippen LogP contribution in [0.4, 0.5) is 22.0 Å². The second kappa shape index (κ2) is 6.06. The van der Waals surface area contributed by atoms with Gasteiger partial charge in [0.25, 0.3) is 5.91 Å². The van der Waals surface area contributed by atoms with Crippen LogP contribution in [-0.4, -0.2) is 34.5 Å². The molecule has 1 amide bonds. The van der Waals surface area contributed by atoms with Gasteiger partial charge in [-0.15, -0.1) is 0 Å². The Labute approximate surface area is 115 Å². The molecule has 1 aromatic carbocycles. The molecule has 1 rings (SSSR count). The second-order valence-electron chi connectivity index (χ2n) is 4.37. The van der Waals surface area contributed by atoms with Gasteiger partial charge in [-0.05, 0) is 13.8 Å². The summed E-state index contributed by atoms with van der Waals surface area (Å²) in [5, 5.41) is 8.63. The summed E-state index contributed by atoms with van der Waals surface area (Å²) in [5.41, 5.74) is -1.68. The van der Waals surface area contributed by atoms with Crippen LogP contribution in [0.5, 0.6) is 0 Å². The van der Waals surface area contributed by atoms with E-state index in [1.54, 1.807) is 0 Å². The van der Waals surface area contributed by atoms with Gasteiger partial charge in [-0.3, -0.25) is 9.59 Å². The minimum absolute atomic E-state index is 0.473. The largest absolute Gasteiger partial charge is 0.480 e. The third kappa shape index (κ3) is 3.11. The fourth-order valence-electron chi connectivity index (χ4n) is 1.57. The number of carbonyl (C=O) groups excluding carboxylic acids is 1. The van der Waals surface area contributed by atoms with Gasteiger partial charge >= 0.3 is 5.97 Å². The number of carboxylic acids is 1. The van der Waals surface area contributed by atoms with Gasteiger partial charge in [0.05, 0.1) is 0 Å². The van der Waals surface area contributed by atoms with Crippen LogP contribution >= 0.6 is 0 Å². The fourth-order valence-corrected chi connectivity index (χ4v) is 1.57. The van der Waals surface area contributed by atoms with Crippen molar-refractivity contribution in [1.82, 2.24) is 4.90 Å². The first kappa shape index (κ1) is 16.9. The fraction of sp³-hybridized carbons (Fsp3) is 0.333. The number of carbonyl (C=O) groups is 2. The monoisotopic (exact) mass is 311 g/mol. The molecule has 0 saturated heterocycles. The highest BCUT2D eigenvalue weighted by Crippen LogP contribution is 2.24. The van der Waals surface area contributed by atoms with Gasteiger partial charge in [0.2, 0.25) is 5.82 Å². The Morgan fingerprint density at radius 1 is 0.952 bits per heavy atom. The summed E-state index contributed by atoms with van der Waals surface area (Å²) >= 11 is 0. The molecule has 0 aromatic heterocycles. The van der Waals surface area contributed by atoms with Crippen LogP contribution in [0.15, 0.2) is 0 Å². The Morgan fingerprint density at radius 2 is 1.33 bits per heavy atom. The third-order valence-corrected chi connectivity index (χ3v) is 2.61. The van der Waals surface area contributed by atoms with E-state index in [0.29, 0.717) is 4.90 Å². The minimum atomic E-state index is -2.39. The maximum absolute atomic E-state index is 13.5. The highest BCUT2D eigenvalue weighted by atomic mass is 19.2. The van der Waals surface area contributed by atoms with Crippen molar-refractivity contribution in [3.05, 3.63) is 34.6 Å². The van der Waals surface area contributed by atoms with E-state index in [1.165, 1.54) is 13.8 Å². The van der Waals surface area contributed by atoms with Crippen molar-refractivity contribution in [3.63, 3.8) is 0 Å². The Bertz CT molecular complexity index is 574. The molecule has 0 aliphatic heterocycles. The van der Waals surface area contributed by atoms with Crippen molar-refractivity contribution in [3.8, 4) is 0 Å². The van der Waals surface area contributed by atoms with Gasteiger partial charge in [0.15, 0.2) is 23.3 Å². The smallest absolute Gasteiger partial charge is 0.323 e. The van der Waals surface area contributed by atoms with Gasteiger partial charge in [0.1, 0.15) is 12.1 Å². The summed E-state index contributed by atoms with van der Waals surface area (Å²) < 4.78 is 66.0. The van der Waals surface area contributed by atoms with Crippen LogP contribution in [0, 0.1) is 29.1 Å². The summed E-state index contributed by atoms with van der Waals surface area (Å²) in [6.45, 7) is 1.70. The highest BCUT2D eigenvalue weighted by molar-refractivity contribution is 5.96. The number of carboxylic acid groups (broad SMARTS) is 1. The molecule has 4 nitrogen and oxygen atoms in total. The van der Waals surface area contributed by atoms with Gasteiger partial charge in [-0.1, -0.05) is 0 Å². The normalized spacial score (nSPS) is 10.9. The first-order valence-electron chi connectivity index (χ1n) is 5.63. The van der Waals surface area contributed by atoms with Crippen molar-refractivity contribution in [2.75, 3.05) is 6.54 Å². The lowest BCUT2D eigenvalue weighted by Crippen LogP contribution is -2.41. The van der Waals surface area contributed by atoms with Crippen LogP contribution in [0.1, 0.15) is 24.2 Å². The van der Waals surface area contributed by atoms with E-state index in [9.17, 15) is 31.5 Å². The van der Waals surface area contributed by atoms with Crippen LogP contribution in [0.25, 0.3) is 0 Å². The topological polar surface area (TPSA) is 57.6 Å². The highest BCUT2D eigenvalue weighted by Gasteiger charge is 2.33. The van der Waals surface area contributed by atoms with Crippen molar-refractivity contribution >= 4 is 11.9 Å². The molecule has 0 spiro atoms. The zero-order valence-electron chi connectivity index (χ0n) is 10.9. The Morgan fingerprint density at radius 3 is 1.67 bits per heavy atom. The zero-order chi connectivity index (χ0) is 16.5. The molecule has 0 heterocycles. The van der Waals surface area contributed by atoms with Gasteiger partial charge in [-0.25, -0.2) is 22.0 Å². The van der Waals surface area contributed by atoms with E-state index in [0.717, 1.165) is 0 Å². The zero-order valence-corrected chi connectivity index (χ0v) is 10.9. The summed E-state index contributed by atoms with van der Waals surface area (Å²) in [6, 6.07) is -0.830. The average molecular weight is 311 g/mol. The van der Waals surface area contributed by atoms with Gasteiger partial charge in [0, 0.05) is 6.04 Å². The molecule has 1 aromatic rings. The lowest BCUT2D eigenvalue weighted by molar-refractivity contribution is -0.138. The SMILES string of the molecule is CC(C)N(CC(=O)O)C(=O)c1c(F)c(F)c(F)c(F)c1F. The molecule has 0 bridgehead atoms. The first-order chi connectivity index (χ1) is 9.59. The van der Waals surface area contributed by atoms with Crippen LogP contribution in [0.2, 0.25) is 0 Å². The molecular formula is C12H10F5NO3. The molecule has 0 aliphatic rings. The molecule has 9 heteroatoms. The molecule has 0 aliphatic carbocycles. The average Bonchev–Trinajstić information content (AvgIpc) is 2.39. The molecule has 0 fully saturated rings. The van der Waals surface area contributed by atoms with Crippen LogP contribution in [-0.2, 0) is 4.79 Å². The number of hydrogen-bond acceptors (Lipinski definition) is 2. The predicted octanol–water partition coefficient (Wildman–Crippen LogP) is 2.32. The number of halogens is 5. The number of benzene rings is 1. The maximum atomic E-state index is 13.5. The lowest BCUT2D eigenvalue weighted by atomic mass is 10.1. The Balaban J connectivity index is 3.45. The summed E-state index contributed by atoms with van der Waals surface area (Å²) in [6.07, 6.45) is 0. The van der Waals surface area contributed by atoms with Crippen molar-refractivity contribution in [1.29, 1.82) is 0 Å². The molecule has 116 valence electrons. The molecule has 0 saturated carbocycles. The summed E-state index contributed by atoms with van der Waals surface area (Å²) in [5.74, 6) is -14.6. The molecule has 1 N–H and O–H groups in total. The van der Waals surface area contributed by atoms with Gasteiger partial charge in [-0.2, -0.15) is 0 Å². The maximum Gasteiger partial charge on any atom is 0.323 e. The predicted molar refractivity (Wildman–Crippen MR) is 60.0 cm³/mol. The van der Waals surface area contributed by atoms with E-state index in [2.05, 4.69) is 0 Å². The summed E-state index contributed by atoms with van der Waals surface area (Å²) in [4.78, 5) is 23.0. The molecule has 21 heavy (non-hydrogen) atoms. The van der Waals surface area contributed by atoms with E-state index < -0.39 is 59.1 Å². The minimum Gasteiger partial charge on any atom is -0.480 e. The molecule has 0 radical (unpaired) electrons. The van der Waals surface area contributed by atoms with Crippen LogP contribution in [0.3, 0.4) is 0 Å². The number of hydrogen-bond donors (Lipinski definition) is 1.